The van der Waals surface area contributed by atoms with Crippen LogP contribution in [0, 0.1) is 6.92 Å². The smallest absolute Gasteiger partial charge is 0.392 e. The summed E-state index contributed by atoms with van der Waals surface area (Å²) >= 11 is 12.0. The maximum atomic E-state index is 14.3. The normalized spacial score (nSPS) is 12.0. The average Bonchev–Trinajstić information content (AvgIpc) is 3.03. The van der Waals surface area contributed by atoms with E-state index in [1.165, 1.54) is 44.3 Å². The van der Waals surface area contributed by atoms with E-state index in [0.717, 1.165) is 15.7 Å². The SMILES string of the molecule is Cc1c(-c2ccc(Cl)cc2)c(OC(=O)N(C)CCS(C)(=O)=O)n(Cc2cccc(Cl)c2)c1C(F)(F)F. The Bertz CT molecular complexity index is 1370. The molecule has 0 atom stereocenters. The van der Waals surface area contributed by atoms with Crippen molar-refractivity contribution in [2.45, 2.75) is 19.6 Å². The molecule has 0 bridgehead atoms. The topological polar surface area (TPSA) is 68.6 Å². The molecule has 0 saturated carbocycles. The Balaban J connectivity index is 2.19. The van der Waals surface area contributed by atoms with Crippen LogP contribution in [0.2, 0.25) is 10.0 Å². The van der Waals surface area contributed by atoms with Crippen LogP contribution >= 0.6 is 23.2 Å². The molecule has 3 rings (SSSR count). The number of ether oxygens (including phenoxy) is 1. The molecule has 36 heavy (non-hydrogen) atoms. The minimum Gasteiger partial charge on any atom is -0.392 e. The van der Waals surface area contributed by atoms with Crippen LogP contribution in [-0.4, -0.2) is 49.6 Å². The number of halogens is 5. The van der Waals surface area contributed by atoms with Gasteiger partial charge in [0.1, 0.15) is 15.5 Å². The second-order valence-electron chi connectivity index (χ2n) is 8.29. The van der Waals surface area contributed by atoms with Crippen LogP contribution in [0.4, 0.5) is 18.0 Å². The van der Waals surface area contributed by atoms with E-state index in [0.29, 0.717) is 21.2 Å². The second kappa shape index (κ2) is 10.7. The lowest BCUT2D eigenvalue weighted by Gasteiger charge is -2.19. The van der Waals surface area contributed by atoms with Crippen LogP contribution in [0.1, 0.15) is 16.8 Å². The van der Waals surface area contributed by atoms with E-state index in [9.17, 15) is 26.4 Å². The fourth-order valence-corrected chi connectivity index (χ4v) is 4.61. The fourth-order valence-electron chi connectivity index (χ4n) is 3.67. The first-order chi connectivity index (χ1) is 16.7. The summed E-state index contributed by atoms with van der Waals surface area (Å²) in [6.07, 6.45) is -4.77. The summed E-state index contributed by atoms with van der Waals surface area (Å²) in [6.45, 7) is 0.805. The summed E-state index contributed by atoms with van der Waals surface area (Å²) in [7, 11) is -2.08. The molecule has 1 aromatic heterocycles. The molecule has 1 amide bonds. The van der Waals surface area contributed by atoms with Crippen LogP contribution in [0.5, 0.6) is 5.88 Å². The minimum absolute atomic E-state index is 0.0610. The van der Waals surface area contributed by atoms with Crippen LogP contribution in [0.25, 0.3) is 11.1 Å². The van der Waals surface area contributed by atoms with E-state index in [4.69, 9.17) is 27.9 Å². The molecular formula is C24H23Cl2F3N2O4S. The predicted molar refractivity (Wildman–Crippen MR) is 134 cm³/mol. The van der Waals surface area contributed by atoms with Gasteiger partial charge < -0.3 is 14.2 Å². The first-order valence-electron chi connectivity index (χ1n) is 10.6. The molecule has 1 heterocycles. The molecule has 0 fully saturated rings. The molecular weight excluding hydrogens is 540 g/mol. The number of aromatic nitrogens is 1. The van der Waals surface area contributed by atoms with Gasteiger partial charge in [-0.25, -0.2) is 13.2 Å². The zero-order chi connectivity index (χ0) is 26.8. The van der Waals surface area contributed by atoms with E-state index in [1.807, 2.05) is 0 Å². The molecule has 2 aromatic carbocycles. The van der Waals surface area contributed by atoms with Crippen molar-refractivity contribution >= 4 is 39.1 Å². The lowest BCUT2D eigenvalue weighted by atomic mass is 10.0. The Morgan fingerprint density at radius 1 is 1.08 bits per heavy atom. The summed E-state index contributed by atoms with van der Waals surface area (Å²) in [5, 5.41) is 0.715. The molecule has 0 spiro atoms. The van der Waals surface area contributed by atoms with E-state index < -0.39 is 27.8 Å². The van der Waals surface area contributed by atoms with Crippen molar-refractivity contribution in [1.29, 1.82) is 0 Å². The monoisotopic (exact) mass is 562 g/mol. The number of hydrogen-bond donors (Lipinski definition) is 0. The number of sulfone groups is 1. The van der Waals surface area contributed by atoms with Crippen molar-refractivity contribution in [1.82, 2.24) is 9.47 Å². The van der Waals surface area contributed by atoms with Gasteiger partial charge in [0.05, 0.1) is 12.3 Å². The average molecular weight is 563 g/mol. The Labute approximate surface area is 217 Å². The number of benzene rings is 2. The number of nitrogens with zero attached hydrogens (tertiary/aromatic N) is 2. The minimum atomic E-state index is -4.78. The summed E-state index contributed by atoms with van der Waals surface area (Å²) in [5.74, 6) is -0.669. The number of rotatable bonds is 7. The molecule has 194 valence electrons. The third-order valence-corrected chi connectivity index (χ3v) is 6.79. The first kappa shape index (κ1) is 27.9. The largest absolute Gasteiger partial charge is 0.431 e. The van der Waals surface area contributed by atoms with Gasteiger partial charge in [-0.15, -0.1) is 0 Å². The lowest BCUT2D eigenvalue weighted by Crippen LogP contribution is -2.34. The number of carbonyl (C=O) groups is 1. The van der Waals surface area contributed by atoms with Crippen LogP contribution in [-0.2, 0) is 22.6 Å². The zero-order valence-corrected chi connectivity index (χ0v) is 21.9. The van der Waals surface area contributed by atoms with Gasteiger partial charge in [-0.3, -0.25) is 0 Å². The van der Waals surface area contributed by atoms with Crippen molar-refractivity contribution in [2.75, 3.05) is 25.6 Å². The highest BCUT2D eigenvalue weighted by Gasteiger charge is 2.41. The third-order valence-electron chi connectivity index (χ3n) is 5.38. The summed E-state index contributed by atoms with van der Waals surface area (Å²) in [5.41, 5.74) is -0.268. The van der Waals surface area contributed by atoms with E-state index in [-0.39, 0.29) is 35.8 Å². The lowest BCUT2D eigenvalue weighted by molar-refractivity contribution is -0.144. The van der Waals surface area contributed by atoms with Gasteiger partial charge in [-0.1, -0.05) is 47.5 Å². The van der Waals surface area contributed by atoms with Gasteiger partial charge in [0.2, 0.25) is 5.88 Å². The maximum absolute atomic E-state index is 14.3. The number of amides is 1. The number of alkyl halides is 3. The summed E-state index contributed by atoms with van der Waals surface area (Å²) < 4.78 is 72.4. The van der Waals surface area contributed by atoms with E-state index in [1.54, 1.807) is 18.2 Å². The van der Waals surface area contributed by atoms with Crippen molar-refractivity contribution in [2.24, 2.45) is 0 Å². The number of hydrogen-bond acceptors (Lipinski definition) is 4. The molecule has 0 radical (unpaired) electrons. The van der Waals surface area contributed by atoms with Crippen molar-refractivity contribution < 1.29 is 31.1 Å². The Morgan fingerprint density at radius 2 is 1.72 bits per heavy atom. The van der Waals surface area contributed by atoms with Crippen molar-refractivity contribution in [3.05, 3.63) is 75.4 Å². The molecule has 0 saturated heterocycles. The van der Waals surface area contributed by atoms with Crippen LogP contribution in [0.15, 0.2) is 48.5 Å². The van der Waals surface area contributed by atoms with Gasteiger partial charge in [-0.05, 0) is 47.9 Å². The Hall–Kier alpha value is -2.69. The summed E-state index contributed by atoms with van der Waals surface area (Å²) in [4.78, 5) is 13.9. The van der Waals surface area contributed by atoms with Gasteiger partial charge in [0, 0.05) is 35.5 Å². The fraction of sp³-hybridized carbons (Fsp3) is 0.292. The first-order valence-corrected chi connectivity index (χ1v) is 13.4. The highest BCUT2D eigenvalue weighted by Crippen LogP contribution is 2.45. The highest BCUT2D eigenvalue weighted by molar-refractivity contribution is 7.90. The molecule has 0 unspecified atom stereocenters. The molecule has 6 nitrogen and oxygen atoms in total. The van der Waals surface area contributed by atoms with Crippen molar-refractivity contribution in [3.8, 4) is 17.0 Å². The predicted octanol–water partition coefficient (Wildman–Crippen LogP) is 6.31. The maximum Gasteiger partial charge on any atom is 0.431 e. The zero-order valence-electron chi connectivity index (χ0n) is 19.6. The second-order valence-corrected chi connectivity index (χ2v) is 11.4. The molecule has 0 aliphatic rings. The third kappa shape index (κ3) is 6.74. The summed E-state index contributed by atoms with van der Waals surface area (Å²) in [6, 6.07) is 12.4. The van der Waals surface area contributed by atoms with Gasteiger partial charge in [0.15, 0.2) is 0 Å². The van der Waals surface area contributed by atoms with Gasteiger partial charge in [0.25, 0.3) is 0 Å². The quantitative estimate of drug-likeness (QED) is 0.338. The highest BCUT2D eigenvalue weighted by atomic mass is 35.5. The number of carbonyl (C=O) groups excluding carboxylic acids is 1. The molecule has 0 aliphatic carbocycles. The molecule has 12 heteroatoms. The Kier molecular flexibility index (Phi) is 8.32. The standard InChI is InChI=1S/C24H23Cl2F3N2O4S/c1-15-20(17-7-9-18(25)10-8-17)22(35-23(32)30(2)11-12-36(3,33)34)31(21(15)24(27,28)29)14-16-5-4-6-19(26)13-16/h4-10,13H,11-12,14H2,1-3H3. The molecule has 0 aliphatic heterocycles. The molecule has 0 N–H and O–H groups in total. The Morgan fingerprint density at radius 3 is 2.28 bits per heavy atom. The van der Waals surface area contributed by atoms with E-state index in [2.05, 4.69) is 0 Å². The van der Waals surface area contributed by atoms with Gasteiger partial charge in [-0.2, -0.15) is 13.2 Å². The molecule has 3 aromatic rings. The van der Waals surface area contributed by atoms with Crippen molar-refractivity contribution in [3.63, 3.8) is 0 Å². The van der Waals surface area contributed by atoms with Crippen LogP contribution < -0.4 is 4.74 Å². The van der Waals surface area contributed by atoms with E-state index >= 15 is 0 Å². The van der Waals surface area contributed by atoms with Crippen LogP contribution in [0.3, 0.4) is 0 Å². The van der Waals surface area contributed by atoms with Gasteiger partial charge >= 0.3 is 12.3 Å².